The summed E-state index contributed by atoms with van der Waals surface area (Å²) in [5.74, 6) is 0. The molecule has 10 heavy (non-hydrogen) atoms. The Morgan fingerprint density at radius 1 is 1.40 bits per heavy atom. The van der Waals surface area contributed by atoms with Crippen LogP contribution in [0.3, 0.4) is 0 Å². The molecule has 2 aliphatic rings. The van der Waals surface area contributed by atoms with Gasteiger partial charge in [-0.1, -0.05) is 9.39 Å². The maximum atomic E-state index is 3.44. The Morgan fingerprint density at radius 3 is 2.80 bits per heavy atom. The summed E-state index contributed by atoms with van der Waals surface area (Å²) in [6.45, 7) is 5.04. The van der Waals surface area contributed by atoms with E-state index in [2.05, 4.69) is 19.4 Å². The van der Waals surface area contributed by atoms with E-state index in [1.165, 1.54) is 39.0 Å². The Morgan fingerprint density at radius 2 is 2.30 bits per heavy atom. The molecule has 2 saturated heterocycles. The molecule has 0 aromatic carbocycles. The fraction of sp³-hybridized carbons (Fsp3) is 1.00. The molecule has 3 heteroatoms. The Labute approximate surface area is 64.6 Å². The third-order valence-corrected chi connectivity index (χ3v) is 3.24. The summed E-state index contributed by atoms with van der Waals surface area (Å²) >= 11 is 0. The summed E-state index contributed by atoms with van der Waals surface area (Å²) in [6.07, 6.45) is 2.78. The minimum atomic E-state index is 0.655. The van der Waals surface area contributed by atoms with Crippen molar-refractivity contribution in [2.75, 3.05) is 26.2 Å². The minimum absolute atomic E-state index is 0.655. The largest absolute Gasteiger partial charge is 0.316 e. The average molecular weight is 158 g/mol. The molecule has 2 atom stereocenters. The van der Waals surface area contributed by atoms with Crippen LogP contribution in [0.25, 0.3) is 0 Å². The summed E-state index contributed by atoms with van der Waals surface area (Å²) in [5.41, 5.74) is 0.655. The second-order valence-corrected chi connectivity index (χ2v) is 4.38. The van der Waals surface area contributed by atoms with Gasteiger partial charge in [0.25, 0.3) is 0 Å². The van der Waals surface area contributed by atoms with Crippen LogP contribution in [0.4, 0.5) is 0 Å². The summed E-state index contributed by atoms with van der Waals surface area (Å²) in [4.78, 5) is 0. The fourth-order valence-corrected chi connectivity index (χ4v) is 2.63. The fourth-order valence-electron chi connectivity index (χ4n) is 2.11. The summed E-state index contributed by atoms with van der Waals surface area (Å²) in [7, 11) is 2.81. The second kappa shape index (κ2) is 2.44. The van der Waals surface area contributed by atoms with Crippen LogP contribution in [0.2, 0.25) is 0 Å². The molecule has 0 saturated carbocycles. The second-order valence-electron chi connectivity index (χ2n) is 3.65. The highest BCUT2D eigenvalue weighted by atomic mass is 31.0. The van der Waals surface area contributed by atoms with Crippen molar-refractivity contribution in [1.29, 1.82) is 0 Å². The molecule has 2 unspecified atom stereocenters. The molecule has 1 spiro atoms. The predicted molar refractivity (Wildman–Crippen MR) is 45.8 cm³/mol. The third kappa shape index (κ3) is 1.09. The Bertz CT molecular complexity index is 132. The van der Waals surface area contributed by atoms with Crippen molar-refractivity contribution in [2.45, 2.75) is 12.8 Å². The van der Waals surface area contributed by atoms with Crippen LogP contribution in [0, 0.1) is 5.41 Å². The minimum Gasteiger partial charge on any atom is -0.316 e. The van der Waals surface area contributed by atoms with Gasteiger partial charge in [0.15, 0.2) is 0 Å². The van der Waals surface area contributed by atoms with Gasteiger partial charge in [-0.15, -0.1) is 0 Å². The first-order chi connectivity index (χ1) is 4.81. The molecule has 2 fully saturated rings. The Hall–Kier alpha value is 0.350. The van der Waals surface area contributed by atoms with Gasteiger partial charge in [0, 0.05) is 19.6 Å². The van der Waals surface area contributed by atoms with Gasteiger partial charge < -0.3 is 5.32 Å². The van der Waals surface area contributed by atoms with Gasteiger partial charge in [0.1, 0.15) is 0 Å². The van der Waals surface area contributed by atoms with Crippen molar-refractivity contribution in [3.05, 3.63) is 0 Å². The van der Waals surface area contributed by atoms with Crippen LogP contribution in [0.5, 0.6) is 0 Å². The van der Waals surface area contributed by atoms with E-state index in [1.54, 1.807) is 0 Å². The lowest BCUT2D eigenvalue weighted by atomic mass is 9.87. The third-order valence-electron chi connectivity index (χ3n) is 2.80. The average Bonchev–Trinajstić information content (AvgIpc) is 2.46. The molecule has 2 rings (SSSR count). The SMILES string of the molecule is PN1CCC2(CCNC2)C1. The van der Waals surface area contributed by atoms with Gasteiger partial charge >= 0.3 is 0 Å². The molecule has 2 heterocycles. The molecule has 0 aliphatic carbocycles. The molecule has 2 nitrogen and oxygen atoms in total. The van der Waals surface area contributed by atoms with E-state index in [-0.39, 0.29) is 0 Å². The van der Waals surface area contributed by atoms with E-state index in [9.17, 15) is 0 Å². The topological polar surface area (TPSA) is 15.3 Å². The van der Waals surface area contributed by atoms with E-state index < -0.39 is 0 Å². The van der Waals surface area contributed by atoms with Crippen molar-refractivity contribution in [3.8, 4) is 0 Å². The van der Waals surface area contributed by atoms with Crippen LogP contribution < -0.4 is 5.32 Å². The maximum Gasteiger partial charge on any atom is 0.00860 e. The highest BCUT2D eigenvalue weighted by Crippen LogP contribution is 2.36. The quantitative estimate of drug-likeness (QED) is 0.515. The zero-order chi connectivity index (χ0) is 7.03. The predicted octanol–water partition coefficient (Wildman–Crippen LogP) is 0.462. The van der Waals surface area contributed by atoms with Crippen molar-refractivity contribution in [2.24, 2.45) is 5.41 Å². The highest BCUT2D eigenvalue weighted by molar-refractivity contribution is 7.13. The van der Waals surface area contributed by atoms with E-state index in [0.29, 0.717) is 5.41 Å². The van der Waals surface area contributed by atoms with Gasteiger partial charge in [-0.25, -0.2) is 0 Å². The standard InChI is InChI=1S/C7H15N2P/c10-9-4-2-7(6-9)1-3-8-5-7/h8H,1-6,10H2. The van der Waals surface area contributed by atoms with Crippen LogP contribution in [0.1, 0.15) is 12.8 Å². The monoisotopic (exact) mass is 158 g/mol. The first-order valence-corrected chi connectivity index (χ1v) is 4.53. The van der Waals surface area contributed by atoms with Crippen molar-refractivity contribution >= 4 is 9.39 Å². The molecule has 0 amide bonds. The first kappa shape index (κ1) is 7.02. The van der Waals surface area contributed by atoms with E-state index in [4.69, 9.17) is 0 Å². The number of hydrogen-bond acceptors (Lipinski definition) is 2. The molecular formula is C7H15N2P. The van der Waals surface area contributed by atoms with Gasteiger partial charge in [-0.05, 0) is 24.8 Å². The van der Waals surface area contributed by atoms with Crippen LogP contribution in [-0.4, -0.2) is 30.8 Å². The molecule has 2 aliphatic heterocycles. The lowest BCUT2D eigenvalue weighted by Gasteiger charge is -2.20. The van der Waals surface area contributed by atoms with E-state index in [0.717, 1.165) is 0 Å². The maximum absolute atomic E-state index is 3.44. The zero-order valence-electron chi connectivity index (χ0n) is 6.27. The van der Waals surface area contributed by atoms with E-state index in [1.807, 2.05) is 0 Å². The Kier molecular flexibility index (Phi) is 1.71. The van der Waals surface area contributed by atoms with Crippen molar-refractivity contribution in [3.63, 3.8) is 0 Å². The number of nitrogens with zero attached hydrogens (tertiary/aromatic N) is 1. The normalized spacial score (nSPS) is 41.7. The first-order valence-electron chi connectivity index (χ1n) is 4.01. The smallest absolute Gasteiger partial charge is 0.00860 e. The molecule has 0 radical (unpaired) electrons. The summed E-state index contributed by atoms with van der Waals surface area (Å²) in [5, 5.41) is 3.44. The molecular weight excluding hydrogens is 143 g/mol. The van der Waals surface area contributed by atoms with Gasteiger partial charge in [-0.3, -0.25) is 4.67 Å². The molecule has 58 valence electrons. The summed E-state index contributed by atoms with van der Waals surface area (Å²) in [6, 6.07) is 0. The van der Waals surface area contributed by atoms with Crippen LogP contribution in [0.15, 0.2) is 0 Å². The van der Waals surface area contributed by atoms with Crippen LogP contribution in [-0.2, 0) is 0 Å². The van der Waals surface area contributed by atoms with Crippen molar-refractivity contribution < 1.29 is 0 Å². The number of nitrogens with one attached hydrogen (secondary N) is 1. The Balaban J connectivity index is 2.03. The highest BCUT2D eigenvalue weighted by Gasteiger charge is 2.38. The van der Waals surface area contributed by atoms with Gasteiger partial charge in [0.2, 0.25) is 0 Å². The molecule has 1 N–H and O–H groups in total. The molecule has 0 bridgehead atoms. The lowest BCUT2D eigenvalue weighted by Crippen LogP contribution is -2.25. The van der Waals surface area contributed by atoms with Gasteiger partial charge in [-0.2, -0.15) is 0 Å². The molecule has 0 aromatic rings. The number of hydrogen-bond donors (Lipinski definition) is 1. The number of rotatable bonds is 0. The van der Waals surface area contributed by atoms with E-state index >= 15 is 0 Å². The zero-order valence-corrected chi connectivity index (χ0v) is 7.42. The summed E-state index contributed by atoms with van der Waals surface area (Å²) < 4.78 is 2.37. The van der Waals surface area contributed by atoms with Crippen molar-refractivity contribution in [1.82, 2.24) is 9.99 Å². The van der Waals surface area contributed by atoms with Crippen LogP contribution >= 0.6 is 9.39 Å². The van der Waals surface area contributed by atoms with Gasteiger partial charge in [0.05, 0.1) is 0 Å². The lowest BCUT2D eigenvalue weighted by molar-refractivity contribution is 0.346. The molecule has 0 aromatic heterocycles.